The molecule has 0 fully saturated rings. The van der Waals surface area contributed by atoms with Crippen LogP contribution in [0.4, 0.5) is 5.13 Å². The summed E-state index contributed by atoms with van der Waals surface area (Å²) in [7, 11) is 0. The topological polar surface area (TPSA) is 76.1 Å². The molecule has 1 aromatic heterocycles. The first-order valence-electron chi connectivity index (χ1n) is 7.89. The van der Waals surface area contributed by atoms with Gasteiger partial charge in [-0.15, -0.1) is 11.3 Å². The fourth-order valence-corrected chi connectivity index (χ4v) is 4.59. The van der Waals surface area contributed by atoms with Crippen molar-refractivity contribution in [1.29, 1.82) is 0 Å². The number of ketones is 1. The third kappa shape index (κ3) is 4.35. The number of carbonyl (C=O) groups is 3. The molecule has 5 nitrogen and oxygen atoms in total. The number of carbonyl (C=O) groups excluding carboxylic acids is 3. The van der Waals surface area contributed by atoms with E-state index in [-0.39, 0.29) is 28.0 Å². The Morgan fingerprint density at radius 1 is 1.24 bits per heavy atom. The first kappa shape index (κ1) is 17.8. The molecule has 0 unspecified atom stereocenters. The van der Waals surface area contributed by atoms with Gasteiger partial charge in [0, 0.05) is 16.9 Å². The average molecular weight is 374 g/mol. The van der Waals surface area contributed by atoms with Crippen molar-refractivity contribution < 1.29 is 14.4 Å². The SMILES string of the molecule is CC1(C)CC(=O)c2nc(NC(=O)CSC(=O)c3ccccc3)sc2C1. The number of rotatable bonds is 4. The molecule has 25 heavy (non-hydrogen) atoms. The Balaban J connectivity index is 1.59. The summed E-state index contributed by atoms with van der Waals surface area (Å²) in [6.45, 7) is 4.11. The fraction of sp³-hybridized carbons (Fsp3) is 0.333. The number of thiazole rings is 1. The van der Waals surface area contributed by atoms with Gasteiger partial charge in [0.25, 0.3) is 0 Å². The second kappa shape index (κ2) is 7.09. The smallest absolute Gasteiger partial charge is 0.236 e. The maximum Gasteiger partial charge on any atom is 0.236 e. The number of nitrogens with zero attached hydrogens (tertiary/aromatic N) is 1. The molecule has 0 atom stereocenters. The molecule has 0 saturated carbocycles. The lowest BCUT2D eigenvalue weighted by Crippen LogP contribution is -2.26. The van der Waals surface area contributed by atoms with Crippen LogP contribution in [-0.4, -0.2) is 27.5 Å². The van der Waals surface area contributed by atoms with Crippen molar-refractivity contribution in [2.75, 3.05) is 11.1 Å². The maximum absolute atomic E-state index is 12.2. The second-order valence-electron chi connectivity index (χ2n) is 6.72. The molecular weight excluding hydrogens is 356 g/mol. The molecule has 1 aromatic carbocycles. The van der Waals surface area contributed by atoms with Gasteiger partial charge in [-0.25, -0.2) is 4.98 Å². The predicted molar refractivity (Wildman–Crippen MR) is 100 cm³/mol. The van der Waals surface area contributed by atoms with Crippen LogP contribution in [0.5, 0.6) is 0 Å². The zero-order valence-corrected chi connectivity index (χ0v) is 15.6. The lowest BCUT2D eigenvalue weighted by Gasteiger charge is -2.26. The summed E-state index contributed by atoms with van der Waals surface area (Å²) >= 11 is 2.29. The number of fused-ring (bicyclic) bond motifs is 1. The Morgan fingerprint density at radius 3 is 2.68 bits per heavy atom. The molecule has 3 rings (SSSR count). The average Bonchev–Trinajstić information content (AvgIpc) is 2.94. The number of anilines is 1. The number of nitrogens with one attached hydrogen (secondary N) is 1. The van der Waals surface area contributed by atoms with Crippen LogP contribution >= 0.6 is 23.1 Å². The van der Waals surface area contributed by atoms with Gasteiger partial charge in [0.15, 0.2) is 10.9 Å². The van der Waals surface area contributed by atoms with Crippen LogP contribution in [0.3, 0.4) is 0 Å². The minimum atomic E-state index is -0.299. The molecule has 1 aliphatic carbocycles. The van der Waals surface area contributed by atoms with Gasteiger partial charge in [-0.3, -0.25) is 14.4 Å². The molecule has 1 heterocycles. The Bertz CT molecular complexity index is 828. The van der Waals surface area contributed by atoms with Crippen molar-refractivity contribution in [1.82, 2.24) is 4.98 Å². The summed E-state index contributed by atoms with van der Waals surface area (Å²) in [4.78, 5) is 41.4. The van der Waals surface area contributed by atoms with Crippen LogP contribution in [0.2, 0.25) is 0 Å². The van der Waals surface area contributed by atoms with Crippen molar-refractivity contribution in [3.8, 4) is 0 Å². The highest BCUT2D eigenvalue weighted by Crippen LogP contribution is 2.38. The molecule has 0 aliphatic heterocycles. The highest BCUT2D eigenvalue weighted by atomic mass is 32.2. The minimum Gasteiger partial charge on any atom is -0.301 e. The Morgan fingerprint density at radius 2 is 1.96 bits per heavy atom. The predicted octanol–water partition coefficient (Wildman–Crippen LogP) is 3.81. The molecule has 1 N–H and O–H groups in total. The molecule has 0 spiro atoms. The van der Waals surface area contributed by atoms with Crippen molar-refractivity contribution in [3.63, 3.8) is 0 Å². The number of aromatic nitrogens is 1. The largest absolute Gasteiger partial charge is 0.301 e. The molecule has 0 saturated heterocycles. The quantitative estimate of drug-likeness (QED) is 0.881. The highest BCUT2D eigenvalue weighted by molar-refractivity contribution is 8.14. The van der Waals surface area contributed by atoms with Gasteiger partial charge >= 0.3 is 0 Å². The summed E-state index contributed by atoms with van der Waals surface area (Å²) < 4.78 is 0. The molecule has 2 aromatic rings. The number of thioether (sulfide) groups is 1. The first-order valence-corrected chi connectivity index (χ1v) is 9.69. The van der Waals surface area contributed by atoms with E-state index in [4.69, 9.17) is 0 Å². The van der Waals surface area contributed by atoms with Gasteiger partial charge in [-0.1, -0.05) is 55.9 Å². The van der Waals surface area contributed by atoms with Gasteiger partial charge in [-0.2, -0.15) is 0 Å². The summed E-state index contributed by atoms with van der Waals surface area (Å²) in [5, 5.41) is 2.97. The fourth-order valence-electron chi connectivity index (χ4n) is 2.70. The van der Waals surface area contributed by atoms with Gasteiger partial charge in [-0.05, 0) is 11.8 Å². The zero-order valence-electron chi connectivity index (χ0n) is 14.0. The van der Waals surface area contributed by atoms with E-state index in [2.05, 4.69) is 24.1 Å². The van der Waals surface area contributed by atoms with Crippen LogP contribution in [0, 0.1) is 5.41 Å². The van der Waals surface area contributed by atoms with E-state index in [1.54, 1.807) is 24.3 Å². The highest BCUT2D eigenvalue weighted by Gasteiger charge is 2.34. The number of Topliss-reactive ketones (excluding diaryl/α,β-unsaturated/α-hetero) is 1. The van der Waals surface area contributed by atoms with Gasteiger partial charge in [0.1, 0.15) is 5.69 Å². The number of hydrogen-bond acceptors (Lipinski definition) is 6. The second-order valence-corrected chi connectivity index (χ2v) is 8.75. The van der Waals surface area contributed by atoms with Gasteiger partial charge < -0.3 is 5.32 Å². The molecule has 1 aliphatic rings. The molecule has 1 amide bonds. The molecular formula is C18H18N2O3S2. The third-order valence-corrected chi connectivity index (χ3v) is 5.71. The maximum atomic E-state index is 12.2. The molecule has 0 radical (unpaired) electrons. The molecule has 0 bridgehead atoms. The summed E-state index contributed by atoms with van der Waals surface area (Å²) in [5.41, 5.74) is 0.973. The van der Waals surface area contributed by atoms with E-state index < -0.39 is 0 Å². The Kier molecular flexibility index (Phi) is 5.06. The van der Waals surface area contributed by atoms with E-state index in [0.29, 0.717) is 22.8 Å². The van der Waals surface area contributed by atoms with Crippen LogP contribution < -0.4 is 5.32 Å². The molecule has 130 valence electrons. The summed E-state index contributed by atoms with van der Waals surface area (Å²) in [6, 6.07) is 8.84. The van der Waals surface area contributed by atoms with E-state index in [1.165, 1.54) is 11.3 Å². The van der Waals surface area contributed by atoms with Crippen molar-refractivity contribution in [2.24, 2.45) is 5.41 Å². The number of benzene rings is 1. The van der Waals surface area contributed by atoms with Crippen LogP contribution in [0.15, 0.2) is 30.3 Å². The van der Waals surface area contributed by atoms with Gasteiger partial charge in [0.05, 0.1) is 5.75 Å². The van der Waals surface area contributed by atoms with Crippen molar-refractivity contribution in [3.05, 3.63) is 46.5 Å². The van der Waals surface area contributed by atoms with Gasteiger partial charge in [0.2, 0.25) is 11.0 Å². The summed E-state index contributed by atoms with van der Waals surface area (Å²) in [6.07, 6.45) is 1.25. The van der Waals surface area contributed by atoms with E-state index in [1.807, 2.05) is 6.07 Å². The lowest BCUT2D eigenvalue weighted by molar-refractivity contribution is -0.113. The first-order chi connectivity index (χ1) is 11.8. The third-order valence-electron chi connectivity index (χ3n) is 3.83. The Labute approximate surface area is 154 Å². The van der Waals surface area contributed by atoms with E-state index in [0.717, 1.165) is 23.1 Å². The summed E-state index contributed by atoms with van der Waals surface area (Å²) in [5.74, 6) is -0.263. The van der Waals surface area contributed by atoms with E-state index >= 15 is 0 Å². The number of amides is 1. The van der Waals surface area contributed by atoms with Crippen LogP contribution in [-0.2, 0) is 11.2 Å². The van der Waals surface area contributed by atoms with Crippen molar-refractivity contribution in [2.45, 2.75) is 26.7 Å². The van der Waals surface area contributed by atoms with Crippen molar-refractivity contribution >= 4 is 45.0 Å². The monoisotopic (exact) mass is 374 g/mol. The minimum absolute atomic E-state index is 0.0113. The Hall–Kier alpha value is -1.99. The molecule has 7 heteroatoms. The zero-order chi connectivity index (χ0) is 18.0. The van der Waals surface area contributed by atoms with Crippen LogP contribution in [0.25, 0.3) is 0 Å². The van der Waals surface area contributed by atoms with E-state index in [9.17, 15) is 14.4 Å². The standard InChI is InChI=1S/C18H18N2O3S2/c1-18(2)8-12(21)15-13(9-18)25-17(20-15)19-14(22)10-24-16(23)11-6-4-3-5-7-11/h3-7H,8-10H2,1-2H3,(H,19,20,22). The normalized spacial score (nSPS) is 15.5. The van der Waals surface area contributed by atoms with Crippen LogP contribution in [0.1, 0.15) is 46.0 Å². The lowest BCUT2D eigenvalue weighted by atomic mass is 9.78. The number of hydrogen-bond donors (Lipinski definition) is 1.